The third-order valence-corrected chi connectivity index (χ3v) is 4.99. The van der Waals surface area contributed by atoms with Crippen LogP contribution in [0.4, 0.5) is 0 Å². The lowest BCUT2D eigenvalue weighted by atomic mass is 10.3. The lowest BCUT2D eigenvalue weighted by Gasteiger charge is -2.15. The van der Waals surface area contributed by atoms with Gasteiger partial charge in [-0.05, 0) is 22.0 Å². The van der Waals surface area contributed by atoms with Crippen LogP contribution < -0.4 is 0 Å². The Morgan fingerprint density at radius 1 is 1.28 bits per heavy atom. The fraction of sp³-hybridized carbons (Fsp3) is 0.500. The summed E-state index contributed by atoms with van der Waals surface area (Å²) in [6, 6.07) is 1.18. The van der Waals surface area contributed by atoms with Crippen molar-refractivity contribution in [3.8, 4) is 0 Å². The molecule has 0 radical (unpaired) electrons. The molecule has 2 aromatic rings. The van der Waals surface area contributed by atoms with Crippen molar-refractivity contribution in [1.82, 2.24) is 14.8 Å². The van der Waals surface area contributed by atoms with Gasteiger partial charge in [-0.15, -0.1) is 0 Å². The Bertz CT molecular complexity index is 536. The van der Waals surface area contributed by atoms with Crippen LogP contribution in [-0.2, 0) is 11.5 Å². The molecule has 0 N–H and O–H groups in total. The highest BCUT2D eigenvalue weighted by atomic mass is 79.9. The number of ether oxygens (including phenoxy) is 1. The van der Waals surface area contributed by atoms with E-state index in [-0.39, 0.29) is 0 Å². The topological polar surface area (TPSA) is 39.9 Å². The van der Waals surface area contributed by atoms with Crippen molar-refractivity contribution in [3.05, 3.63) is 23.1 Å². The van der Waals surface area contributed by atoms with E-state index in [2.05, 4.69) is 45.7 Å². The van der Waals surface area contributed by atoms with E-state index in [0.717, 1.165) is 22.0 Å². The van der Waals surface area contributed by atoms with Crippen molar-refractivity contribution in [2.45, 2.75) is 32.4 Å². The summed E-state index contributed by atoms with van der Waals surface area (Å²) in [6.07, 6.45) is 5.41. The van der Waals surface area contributed by atoms with Crippen LogP contribution in [0.1, 0.15) is 0 Å². The van der Waals surface area contributed by atoms with Gasteiger partial charge in [0.2, 0.25) is 0 Å². The highest BCUT2D eigenvalue weighted by molar-refractivity contribution is 9.10. The monoisotopic (exact) mass is 327 g/mol. The Labute approximate surface area is 116 Å². The van der Waals surface area contributed by atoms with Gasteiger partial charge in [-0.2, -0.15) is 5.10 Å². The molecule has 0 aliphatic heterocycles. The average molecular weight is 328 g/mol. The van der Waals surface area contributed by atoms with Gasteiger partial charge < -0.3 is 4.74 Å². The minimum Gasteiger partial charge on any atom is -0.360 e. The highest BCUT2D eigenvalue weighted by Gasteiger charge is 2.12. The van der Waals surface area contributed by atoms with Crippen LogP contribution in [0.3, 0.4) is 0 Å². The fourth-order valence-corrected chi connectivity index (χ4v) is 2.94. The SMILES string of the molecule is C[Si](C)(C)CCOCn1ncc2cncc(Br)c21. The summed E-state index contributed by atoms with van der Waals surface area (Å²) in [6.45, 7) is 8.35. The van der Waals surface area contributed by atoms with E-state index in [4.69, 9.17) is 4.74 Å². The van der Waals surface area contributed by atoms with Gasteiger partial charge in [-0.25, -0.2) is 4.68 Å². The first-order valence-electron chi connectivity index (χ1n) is 6.00. The summed E-state index contributed by atoms with van der Waals surface area (Å²) in [5.41, 5.74) is 1.04. The maximum absolute atomic E-state index is 5.71. The minimum atomic E-state index is -1.02. The summed E-state index contributed by atoms with van der Waals surface area (Å²) in [5.74, 6) is 0. The molecule has 0 saturated heterocycles. The number of pyridine rings is 1. The van der Waals surface area contributed by atoms with Crippen LogP contribution in [0.25, 0.3) is 10.9 Å². The van der Waals surface area contributed by atoms with Gasteiger partial charge in [0, 0.05) is 32.5 Å². The van der Waals surface area contributed by atoms with Gasteiger partial charge in [-0.1, -0.05) is 19.6 Å². The van der Waals surface area contributed by atoms with Gasteiger partial charge in [-0.3, -0.25) is 4.98 Å². The van der Waals surface area contributed by atoms with Crippen molar-refractivity contribution >= 4 is 34.9 Å². The van der Waals surface area contributed by atoms with Crippen LogP contribution in [0.15, 0.2) is 23.1 Å². The smallest absolute Gasteiger partial charge is 0.140 e. The largest absolute Gasteiger partial charge is 0.360 e. The summed E-state index contributed by atoms with van der Waals surface area (Å²) in [7, 11) is -1.02. The first kappa shape index (κ1) is 13.7. The molecule has 0 aliphatic carbocycles. The molecule has 4 nitrogen and oxygen atoms in total. The van der Waals surface area contributed by atoms with Gasteiger partial charge in [0.05, 0.1) is 16.2 Å². The molecule has 0 aromatic carbocycles. The molecule has 2 heterocycles. The maximum Gasteiger partial charge on any atom is 0.140 e. The molecule has 0 saturated carbocycles. The van der Waals surface area contributed by atoms with Gasteiger partial charge in [0.1, 0.15) is 6.73 Å². The molecule has 2 rings (SSSR count). The first-order chi connectivity index (χ1) is 8.47. The molecular weight excluding hydrogens is 310 g/mol. The minimum absolute atomic E-state index is 0.497. The molecular formula is C12H18BrN3OSi. The molecule has 6 heteroatoms. The van der Waals surface area contributed by atoms with Gasteiger partial charge >= 0.3 is 0 Å². The quantitative estimate of drug-likeness (QED) is 0.623. The van der Waals surface area contributed by atoms with Crippen LogP contribution in [0, 0.1) is 0 Å². The molecule has 0 fully saturated rings. The Morgan fingerprint density at radius 3 is 2.78 bits per heavy atom. The van der Waals surface area contributed by atoms with Crippen LogP contribution >= 0.6 is 15.9 Å². The van der Waals surface area contributed by atoms with Crippen LogP contribution in [-0.4, -0.2) is 29.4 Å². The lowest BCUT2D eigenvalue weighted by molar-refractivity contribution is 0.0816. The zero-order chi connectivity index (χ0) is 13.2. The predicted molar refractivity (Wildman–Crippen MR) is 79.3 cm³/mol. The average Bonchev–Trinajstić information content (AvgIpc) is 2.68. The second kappa shape index (κ2) is 5.50. The van der Waals surface area contributed by atoms with Crippen LogP contribution in [0.5, 0.6) is 0 Å². The molecule has 18 heavy (non-hydrogen) atoms. The van der Waals surface area contributed by atoms with E-state index < -0.39 is 8.07 Å². The van der Waals surface area contributed by atoms with Crippen molar-refractivity contribution in [3.63, 3.8) is 0 Å². The predicted octanol–water partition coefficient (Wildman–Crippen LogP) is 3.51. The zero-order valence-electron chi connectivity index (χ0n) is 11.0. The molecule has 0 spiro atoms. The molecule has 2 aromatic heterocycles. The highest BCUT2D eigenvalue weighted by Crippen LogP contribution is 2.22. The van der Waals surface area contributed by atoms with Crippen molar-refractivity contribution in [1.29, 1.82) is 0 Å². The number of aromatic nitrogens is 3. The first-order valence-corrected chi connectivity index (χ1v) is 10.5. The molecule has 0 unspecified atom stereocenters. The van der Waals surface area contributed by atoms with Crippen molar-refractivity contribution < 1.29 is 4.74 Å². The van der Waals surface area contributed by atoms with E-state index in [1.165, 1.54) is 6.04 Å². The Hall–Kier alpha value is -0.723. The Kier molecular flexibility index (Phi) is 4.19. The molecule has 0 bridgehead atoms. The lowest BCUT2D eigenvalue weighted by Crippen LogP contribution is -2.22. The van der Waals surface area contributed by atoms with Crippen LogP contribution in [0.2, 0.25) is 25.7 Å². The summed E-state index contributed by atoms with van der Waals surface area (Å²) < 4.78 is 8.53. The fourth-order valence-electron chi connectivity index (χ4n) is 1.63. The van der Waals surface area contributed by atoms with Gasteiger partial charge in [0.25, 0.3) is 0 Å². The zero-order valence-corrected chi connectivity index (χ0v) is 13.6. The number of hydrogen-bond donors (Lipinski definition) is 0. The van der Waals surface area contributed by atoms with E-state index in [9.17, 15) is 0 Å². The molecule has 98 valence electrons. The third-order valence-electron chi connectivity index (χ3n) is 2.71. The second-order valence-corrected chi connectivity index (χ2v) is 12.0. The summed E-state index contributed by atoms with van der Waals surface area (Å²) in [5, 5.41) is 5.35. The number of nitrogens with zero attached hydrogens (tertiary/aromatic N) is 3. The standard InChI is InChI=1S/C12H18BrN3OSi/c1-18(2,3)5-4-17-9-16-12-10(7-15-16)6-14-8-11(12)13/h6-8H,4-5,9H2,1-3H3. The summed E-state index contributed by atoms with van der Waals surface area (Å²) in [4.78, 5) is 4.12. The van der Waals surface area contributed by atoms with Crippen molar-refractivity contribution in [2.75, 3.05) is 6.61 Å². The third kappa shape index (κ3) is 3.40. The van der Waals surface area contributed by atoms with E-state index in [1.807, 2.05) is 17.1 Å². The number of hydrogen-bond acceptors (Lipinski definition) is 3. The number of halogens is 1. The normalized spacial score (nSPS) is 12.2. The van der Waals surface area contributed by atoms with E-state index >= 15 is 0 Å². The van der Waals surface area contributed by atoms with Crippen molar-refractivity contribution in [2.24, 2.45) is 0 Å². The Balaban J connectivity index is 2.00. The number of rotatable bonds is 5. The van der Waals surface area contributed by atoms with Gasteiger partial charge in [0.15, 0.2) is 0 Å². The maximum atomic E-state index is 5.71. The van der Waals surface area contributed by atoms with E-state index in [0.29, 0.717) is 6.73 Å². The molecule has 0 aliphatic rings. The molecule has 0 amide bonds. The Morgan fingerprint density at radius 2 is 2.06 bits per heavy atom. The second-order valence-electron chi connectivity index (χ2n) is 5.55. The number of fused-ring (bicyclic) bond motifs is 1. The molecule has 0 atom stereocenters. The summed E-state index contributed by atoms with van der Waals surface area (Å²) >= 11 is 3.50. The van der Waals surface area contributed by atoms with E-state index in [1.54, 1.807) is 6.20 Å².